The number of alkyl halides is 3. The van der Waals surface area contributed by atoms with E-state index in [0.29, 0.717) is 46.9 Å². The van der Waals surface area contributed by atoms with E-state index in [1.165, 1.54) is 40.1 Å². The standard InChI is InChI=1S/C18H20F3N5O3S2/c1-31(27,28)25-7-5-12(6-8-25)10-22-16-24-26-15(11-23-17(26)30-16)13-3-2-4-14(9-13)29-18(19,20)21/h2-4,9,11-12H,5-8,10H2,1H3,(H,22,24). The summed E-state index contributed by atoms with van der Waals surface area (Å²) in [6.45, 7) is 1.66. The third-order valence-corrected chi connectivity index (χ3v) is 7.22. The Hall–Kier alpha value is -2.38. The van der Waals surface area contributed by atoms with Gasteiger partial charge in [-0.1, -0.05) is 23.5 Å². The van der Waals surface area contributed by atoms with Crippen molar-refractivity contribution in [3.05, 3.63) is 30.5 Å². The largest absolute Gasteiger partial charge is 0.573 e. The van der Waals surface area contributed by atoms with Gasteiger partial charge in [0.05, 0.1) is 18.1 Å². The van der Waals surface area contributed by atoms with Gasteiger partial charge in [-0.15, -0.1) is 18.3 Å². The van der Waals surface area contributed by atoms with Crippen LogP contribution >= 0.6 is 11.3 Å². The van der Waals surface area contributed by atoms with E-state index >= 15 is 0 Å². The van der Waals surface area contributed by atoms with Crippen molar-refractivity contribution in [2.75, 3.05) is 31.2 Å². The third-order valence-electron chi connectivity index (χ3n) is 5.03. The fraction of sp³-hybridized carbons (Fsp3) is 0.444. The van der Waals surface area contributed by atoms with Crippen LogP contribution in [-0.4, -0.2) is 59.6 Å². The van der Waals surface area contributed by atoms with E-state index in [0.717, 1.165) is 12.8 Å². The van der Waals surface area contributed by atoms with E-state index in [4.69, 9.17) is 0 Å². The van der Waals surface area contributed by atoms with Crippen molar-refractivity contribution in [1.82, 2.24) is 18.9 Å². The third kappa shape index (κ3) is 5.28. The van der Waals surface area contributed by atoms with Crippen molar-refractivity contribution in [3.8, 4) is 17.0 Å². The number of imidazole rings is 1. The predicted octanol–water partition coefficient (Wildman–Crippen LogP) is 3.44. The molecule has 0 aliphatic carbocycles. The first-order chi connectivity index (χ1) is 14.6. The summed E-state index contributed by atoms with van der Waals surface area (Å²) in [5, 5.41) is 8.39. The van der Waals surface area contributed by atoms with Crippen LogP contribution in [0.4, 0.5) is 18.3 Å². The number of aromatic nitrogens is 3. The van der Waals surface area contributed by atoms with Crippen molar-refractivity contribution in [2.24, 2.45) is 5.92 Å². The van der Waals surface area contributed by atoms with E-state index in [-0.39, 0.29) is 5.75 Å². The van der Waals surface area contributed by atoms with Gasteiger partial charge in [0.1, 0.15) is 5.75 Å². The Morgan fingerprint density at radius 3 is 2.71 bits per heavy atom. The maximum Gasteiger partial charge on any atom is 0.573 e. The summed E-state index contributed by atoms with van der Waals surface area (Å²) in [5.74, 6) is 0.0128. The summed E-state index contributed by atoms with van der Waals surface area (Å²) in [4.78, 5) is 4.90. The van der Waals surface area contributed by atoms with Crippen molar-refractivity contribution >= 4 is 31.5 Å². The Morgan fingerprint density at radius 2 is 2.03 bits per heavy atom. The molecule has 1 fully saturated rings. The molecule has 168 valence electrons. The highest BCUT2D eigenvalue weighted by atomic mass is 32.2. The molecule has 3 heterocycles. The number of ether oxygens (including phenoxy) is 1. The number of nitrogens with one attached hydrogen (secondary N) is 1. The second-order valence-electron chi connectivity index (χ2n) is 7.31. The molecule has 4 rings (SSSR count). The van der Waals surface area contributed by atoms with Crippen molar-refractivity contribution in [1.29, 1.82) is 0 Å². The first-order valence-corrected chi connectivity index (χ1v) is 12.1. The molecule has 13 heteroatoms. The highest BCUT2D eigenvalue weighted by Crippen LogP contribution is 2.30. The molecule has 0 unspecified atom stereocenters. The molecule has 0 atom stereocenters. The molecular formula is C18H20F3N5O3S2. The van der Waals surface area contributed by atoms with Crippen LogP contribution in [-0.2, 0) is 10.0 Å². The predicted molar refractivity (Wildman–Crippen MR) is 111 cm³/mol. The van der Waals surface area contributed by atoms with Crippen molar-refractivity contribution in [3.63, 3.8) is 0 Å². The Labute approximate surface area is 180 Å². The summed E-state index contributed by atoms with van der Waals surface area (Å²) < 4.78 is 67.8. The number of nitrogens with zero attached hydrogens (tertiary/aromatic N) is 4. The molecular weight excluding hydrogens is 455 g/mol. The topological polar surface area (TPSA) is 88.8 Å². The first kappa shape index (κ1) is 21.8. The molecule has 1 saturated heterocycles. The normalized spacial score (nSPS) is 16.6. The minimum absolute atomic E-state index is 0.311. The average molecular weight is 476 g/mol. The molecule has 0 spiro atoms. The maximum atomic E-state index is 12.5. The number of fused-ring (bicyclic) bond motifs is 1. The number of piperidine rings is 1. The minimum Gasteiger partial charge on any atom is -0.406 e. The Balaban J connectivity index is 1.43. The van der Waals surface area contributed by atoms with E-state index in [2.05, 4.69) is 20.1 Å². The smallest absolute Gasteiger partial charge is 0.406 e. The zero-order chi connectivity index (χ0) is 22.2. The molecule has 3 aromatic rings. The number of halogens is 3. The summed E-state index contributed by atoms with van der Waals surface area (Å²) in [5.41, 5.74) is 1.05. The summed E-state index contributed by atoms with van der Waals surface area (Å²) in [6, 6.07) is 5.66. The number of hydrogen-bond acceptors (Lipinski definition) is 7. The molecule has 2 aromatic heterocycles. The molecule has 1 N–H and O–H groups in total. The van der Waals surface area contributed by atoms with Gasteiger partial charge in [-0.25, -0.2) is 22.2 Å². The number of sulfonamides is 1. The van der Waals surface area contributed by atoms with E-state index in [1.807, 2.05) is 0 Å². The number of benzene rings is 1. The lowest BCUT2D eigenvalue weighted by Gasteiger charge is -2.30. The number of anilines is 1. The van der Waals surface area contributed by atoms with Gasteiger partial charge in [-0.05, 0) is 30.9 Å². The van der Waals surface area contributed by atoms with E-state index in [9.17, 15) is 21.6 Å². The highest BCUT2D eigenvalue weighted by molar-refractivity contribution is 7.88. The fourth-order valence-electron chi connectivity index (χ4n) is 3.49. The highest BCUT2D eigenvalue weighted by Gasteiger charge is 2.31. The molecule has 31 heavy (non-hydrogen) atoms. The molecule has 0 amide bonds. The van der Waals surface area contributed by atoms with Gasteiger partial charge in [0, 0.05) is 25.2 Å². The van der Waals surface area contributed by atoms with Crippen LogP contribution in [0.5, 0.6) is 5.75 Å². The minimum atomic E-state index is -4.76. The zero-order valence-electron chi connectivity index (χ0n) is 16.5. The molecule has 0 radical (unpaired) electrons. The van der Waals surface area contributed by atoms with Gasteiger partial charge in [0.25, 0.3) is 0 Å². The zero-order valence-corrected chi connectivity index (χ0v) is 18.1. The van der Waals surface area contributed by atoms with Gasteiger partial charge >= 0.3 is 6.36 Å². The van der Waals surface area contributed by atoms with Crippen LogP contribution in [0.25, 0.3) is 16.2 Å². The van der Waals surface area contributed by atoms with Gasteiger partial charge in [-0.3, -0.25) is 0 Å². The quantitative estimate of drug-likeness (QED) is 0.588. The number of rotatable bonds is 6. The van der Waals surface area contributed by atoms with E-state index in [1.54, 1.807) is 16.8 Å². The van der Waals surface area contributed by atoms with Crippen LogP contribution in [0.1, 0.15) is 12.8 Å². The van der Waals surface area contributed by atoms with Crippen LogP contribution in [0.3, 0.4) is 0 Å². The lowest BCUT2D eigenvalue weighted by molar-refractivity contribution is -0.274. The molecule has 0 bridgehead atoms. The Bertz CT molecular complexity index is 1170. The van der Waals surface area contributed by atoms with Crippen LogP contribution < -0.4 is 10.1 Å². The Morgan fingerprint density at radius 1 is 1.29 bits per heavy atom. The molecule has 0 saturated carbocycles. The van der Waals surface area contributed by atoms with Gasteiger partial charge in [0.2, 0.25) is 20.1 Å². The van der Waals surface area contributed by atoms with Crippen LogP contribution in [0, 0.1) is 5.92 Å². The van der Waals surface area contributed by atoms with Crippen LogP contribution in [0.2, 0.25) is 0 Å². The maximum absolute atomic E-state index is 12.5. The van der Waals surface area contributed by atoms with Gasteiger partial charge in [-0.2, -0.15) is 0 Å². The Kier molecular flexibility index (Phi) is 5.83. The van der Waals surface area contributed by atoms with Crippen molar-refractivity contribution in [2.45, 2.75) is 19.2 Å². The van der Waals surface area contributed by atoms with E-state index < -0.39 is 16.4 Å². The molecule has 1 aliphatic rings. The summed E-state index contributed by atoms with van der Waals surface area (Å²) in [6.07, 6.45) is -0.462. The summed E-state index contributed by atoms with van der Waals surface area (Å²) in [7, 11) is -3.15. The molecule has 8 nitrogen and oxygen atoms in total. The van der Waals surface area contributed by atoms with Gasteiger partial charge < -0.3 is 10.1 Å². The SMILES string of the molecule is CS(=O)(=O)N1CCC(CNc2nn3c(-c4cccc(OC(F)(F)F)c4)cnc3s2)CC1. The lowest BCUT2D eigenvalue weighted by Crippen LogP contribution is -2.39. The number of hydrogen-bond donors (Lipinski definition) is 1. The second-order valence-corrected chi connectivity index (χ2v) is 10.2. The second kappa shape index (κ2) is 8.28. The van der Waals surface area contributed by atoms with Crippen LogP contribution in [0.15, 0.2) is 30.5 Å². The fourth-order valence-corrected chi connectivity index (χ4v) is 5.15. The monoisotopic (exact) mass is 475 g/mol. The molecule has 1 aromatic carbocycles. The first-order valence-electron chi connectivity index (χ1n) is 9.48. The summed E-state index contributed by atoms with van der Waals surface area (Å²) >= 11 is 1.33. The lowest BCUT2D eigenvalue weighted by atomic mass is 9.98. The molecule has 1 aliphatic heterocycles. The van der Waals surface area contributed by atoms with Crippen molar-refractivity contribution < 1.29 is 26.3 Å². The van der Waals surface area contributed by atoms with Gasteiger partial charge in [0.15, 0.2) is 0 Å². The average Bonchev–Trinajstić information content (AvgIpc) is 3.25.